The van der Waals surface area contributed by atoms with Crippen LogP contribution in [-0.2, 0) is 0 Å². The molecule has 0 radical (unpaired) electrons. The van der Waals surface area contributed by atoms with Crippen molar-refractivity contribution in [2.75, 3.05) is 24.6 Å². The molecule has 0 saturated carbocycles. The summed E-state index contributed by atoms with van der Waals surface area (Å²) in [5.41, 5.74) is 4.97. The Morgan fingerprint density at radius 3 is 2.54 bits per heavy atom. The normalized spacial score (nSPS) is 29.5. The van der Waals surface area contributed by atoms with E-state index in [1.165, 1.54) is 0 Å². The van der Waals surface area contributed by atoms with Gasteiger partial charge in [-0.15, -0.1) is 0 Å². The van der Waals surface area contributed by atoms with Crippen LogP contribution in [0.1, 0.15) is 6.42 Å². The smallest absolute Gasteiger partial charge is 0.329 e. The van der Waals surface area contributed by atoms with Gasteiger partial charge in [-0.1, -0.05) is 0 Å². The van der Waals surface area contributed by atoms with Crippen molar-refractivity contribution in [3.63, 3.8) is 0 Å². The fourth-order valence-corrected chi connectivity index (χ4v) is 2.70. The van der Waals surface area contributed by atoms with Crippen molar-refractivity contribution in [1.82, 2.24) is 5.32 Å². The van der Waals surface area contributed by atoms with Gasteiger partial charge < -0.3 is 11.1 Å². The molecule has 1 aliphatic rings. The summed E-state index contributed by atoms with van der Waals surface area (Å²) in [5.74, 6) is 1.57. The molecule has 0 spiro atoms. The first-order valence-electron chi connectivity index (χ1n) is 4.07. The average molecular weight is 214 g/mol. The molecule has 1 saturated heterocycles. The number of nitrogens with two attached hydrogens (primary N) is 1. The summed E-state index contributed by atoms with van der Waals surface area (Å²) in [7, 11) is 0. The first-order chi connectivity index (χ1) is 5.97. The van der Waals surface area contributed by atoms with Crippen molar-refractivity contribution in [1.29, 1.82) is 0 Å². The van der Waals surface area contributed by atoms with Gasteiger partial charge in [0.15, 0.2) is 0 Å². The van der Waals surface area contributed by atoms with Crippen LogP contribution in [0.5, 0.6) is 0 Å². The second kappa shape index (κ2) is 4.06. The maximum Gasteiger partial charge on any atom is 0.401 e. The van der Waals surface area contributed by atoms with Gasteiger partial charge in [0.05, 0.1) is 6.54 Å². The molecule has 0 amide bonds. The monoisotopic (exact) mass is 214 g/mol. The standard InChI is InChI=1S/C7H13F3N2S/c8-7(9,10)4-12-6(3-11)1-2-13-5-6/h12H,1-5,11H2. The molecular weight excluding hydrogens is 201 g/mol. The molecule has 0 aromatic rings. The summed E-state index contributed by atoms with van der Waals surface area (Å²) in [6, 6.07) is 0. The van der Waals surface area contributed by atoms with Crippen LogP contribution in [0.25, 0.3) is 0 Å². The highest BCUT2D eigenvalue weighted by Gasteiger charge is 2.37. The molecule has 1 heterocycles. The van der Waals surface area contributed by atoms with Gasteiger partial charge >= 0.3 is 6.18 Å². The van der Waals surface area contributed by atoms with Crippen molar-refractivity contribution in [3.8, 4) is 0 Å². The van der Waals surface area contributed by atoms with Crippen molar-refractivity contribution in [2.45, 2.75) is 18.1 Å². The lowest BCUT2D eigenvalue weighted by Gasteiger charge is -2.28. The van der Waals surface area contributed by atoms with Crippen molar-refractivity contribution in [3.05, 3.63) is 0 Å². The highest BCUT2D eigenvalue weighted by Crippen LogP contribution is 2.28. The SMILES string of the molecule is NCC1(NCC(F)(F)F)CCSC1. The second-order valence-corrected chi connectivity index (χ2v) is 4.36. The average Bonchev–Trinajstić information content (AvgIpc) is 2.49. The summed E-state index contributed by atoms with van der Waals surface area (Å²) in [4.78, 5) is 0. The third-order valence-electron chi connectivity index (χ3n) is 2.16. The van der Waals surface area contributed by atoms with Crippen molar-refractivity contribution >= 4 is 11.8 Å². The lowest BCUT2D eigenvalue weighted by atomic mass is 9.99. The third-order valence-corrected chi connectivity index (χ3v) is 3.41. The third kappa shape index (κ3) is 3.36. The predicted octanol–water partition coefficient (Wildman–Crippen LogP) is 0.973. The largest absolute Gasteiger partial charge is 0.401 e. The molecule has 1 aliphatic heterocycles. The van der Waals surface area contributed by atoms with E-state index in [1.807, 2.05) is 0 Å². The van der Waals surface area contributed by atoms with E-state index in [9.17, 15) is 13.2 Å². The fourth-order valence-electron chi connectivity index (χ4n) is 1.27. The Morgan fingerprint density at radius 1 is 1.46 bits per heavy atom. The Kier molecular flexibility index (Phi) is 3.48. The minimum atomic E-state index is -4.14. The Hall–Kier alpha value is 0.0600. The summed E-state index contributed by atoms with van der Waals surface area (Å²) in [5, 5.41) is 2.51. The molecule has 1 fully saturated rings. The second-order valence-electron chi connectivity index (χ2n) is 3.26. The molecule has 13 heavy (non-hydrogen) atoms. The number of rotatable bonds is 3. The van der Waals surface area contributed by atoms with Crippen LogP contribution in [-0.4, -0.2) is 36.3 Å². The Labute approximate surface area is 79.4 Å². The predicted molar refractivity (Wildman–Crippen MR) is 47.8 cm³/mol. The van der Waals surface area contributed by atoms with E-state index in [-0.39, 0.29) is 6.54 Å². The molecule has 1 atom stereocenters. The Bertz CT molecular complexity index is 166. The van der Waals surface area contributed by atoms with E-state index in [2.05, 4.69) is 5.32 Å². The Morgan fingerprint density at radius 2 is 2.15 bits per heavy atom. The van der Waals surface area contributed by atoms with Crippen LogP contribution in [0.4, 0.5) is 13.2 Å². The van der Waals surface area contributed by atoms with Gasteiger partial charge in [-0.25, -0.2) is 0 Å². The lowest BCUT2D eigenvalue weighted by molar-refractivity contribution is -0.128. The molecule has 6 heteroatoms. The molecule has 0 bridgehead atoms. The topological polar surface area (TPSA) is 38.0 Å². The lowest BCUT2D eigenvalue weighted by Crippen LogP contribution is -2.54. The fraction of sp³-hybridized carbons (Fsp3) is 1.00. The van der Waals surface area contributed by atoms with Crippen LogP contribution < -0.4 is 11.1 Å². The van der Waals surface area contributed by atoms with Gasteiger partial charge in [0.2, 0.25) is 0 Å². The van der Waals surface area contributed by atoms with Crippen LogP contribution in [0.3, 0.4) is 0 Å². The minimum Gasteiger partial charge on any atom is -0.329 e. The van der Waals surface area contributed by atoms with Gasteiger partial charge in [0, 0.05) is 17.8 Å². The summed E-state index contributed by atoms with van der Waals surface area (Å²) in [6.45, 7) is -0.666. The van der Waals surface area contributed by atoms with Crippen LogP contribution in [0.15, 0.2) is 0 Å². The minimum absolute atomic E-state index is 0.274. The molecule has 0 aromatic heterocycles. The molecular formula is C7H13F3N2S. The van der Waals surface area contributed by atoms with Crippen LogP contribution in [0, 0.1) is 0 Å². The molecule has 0 aliphatic carbocycles. The summed E-state index contributed by atoms with van der Waals surface area (Å²) in [6.07, 6.45) is -3.42. The van der Waals surface area contributed by atoms with Gasteiger partial charge in [-0.05, 0) is 12.2 Å². The molecule has 1 rings (SSSR count). The number of halogens is 3. The van der Waals surface area contributed by atoms with Crippen LogP contribution >= 0.6 is 11.8 Å². The van der Waals surface area contributed by atoms with E-state index < -0.39 is 18.3 Å². The quantitative estimate of drug-likeness (QED) is 0.735. The zero-order valence-corrected chi connectivity index (χ0v) is 7.97. The van der Waals surface area contributed by atoms with Crippen LogP contribution in [0.2, 0.25) is 0 Å². The van der Waals surface area contributed by atoms with Gasteiger partial charge in [0.25, 0.3) is 0 Å². The zero-order chi connectivity index (χ0) is 9.95. The Balaban J connectivity index is 2.40. The summed E-state index contributed by atoms with van der Waals surface area (Å²) < 4.78 is 35.7. The van der Waals surface area contributed by atoms with Gasteiger partial charge in [-0.3, -0.25) is 0 Å². The highest BCUT2D eigenvalue weighted by molar-refractivity contribution is 7.99. The van der Waals surface area contributed by atoms with Gasteiger partial charge in [-0.2, -0.15) is 24.9 Å². The van der Waals surface area contributed by atoms with E-state index >= 15 is 0 Å². The van der Waals surface area contributed by atoms with Gasteiger partial charge in [0.1, 0.15) is 0 Å². The number of hydrogen-bond donors (Lipinski definition) is 2. The first kappa shape index (κ1) is 11.1. The molecule has 2 nitrogen and oxygen atoms in total. The molecule has 78 valence electrons. The van der Waals surface area contributed by atoms with E-state index in [4.69, 9.17) is 5.73 Å². The number of thioether (sulfide) groups is 1. The highest BCUT2D eigenvalue weighted by atomic mass is 32.2. The van der Waals surface area contributed by atoms with E-state index in [0.29, 0.717) is 5.75 Å². The van der Waals surface area contributed by atoms with Crippen molar-refractivity contribution in [2.24, 2.45) is 5.73 Å². The van der Waals surface area contributed by atoms with E-state index in [1.54, 1.807) is 11.8 Å². The molecule has 3 N–H and O–H groups in total. The maximum absolute atomic E-state index is 11.9. The number of hydrogen-bond acceptors (Lipinski definition) is 3. The summed E-state index contributed by atoms with van der Waals surface area (Å²) >= 11 is 1.65. The number of alkyl halides is 3. The zero-order valence-electron chi connectivity index (χ0n) is 7.16. The molecule has 0 aromatic carbocycles. The number of nitrogens with one attached hydrogen (secondary N) is 1. The molecule has 1 unspecified atom stereocenters. The van der Waals surface area contributed by atoms with E-state index in [0.717, 1.165) is 12.2 Å². The van der Waals surface area contributed by atoms with Crippen molar-refractivity contribution < 1.29 is 13.2 Å². The first-order valence-corrected chi connectivity index (χ1v) is 5.23. The maximum atomic E-state index is 11.9.